The van der Waals surface area contributed by atoms with Gasteiger partial charge in [-0.3, -0.25) is 4.79 Å². The zero-order chi connectivity index (χ0) is 17.5. The van der Waals surface area contributed by atoms with E-state index < -0.39 is 12.1 Å². The number of halogens is 4. The lowest BCUT2D eigenvalue weighted by atomic mass is 10.2. The number of fused-ring (bicyclic) bond motifs is 1. The predicted molar refractivity (Wildman–Crippen MR) is 85.8 cm³/mol. The summed E-state index contributed by atoms with van der Waals surface area (Å²) in [5, 5.41) is 2.41. The van der Waals surface area contributed by atoms with E-state index in [1.54, 1.807) is 37.4 Å². The highest BCUT2D eigenvalue weighted by atomic mass is 35.5. The molecule has 0 spiro atoms. The zero-order valence-electron chi connectivity index (χ0n) is 12.4. The molecule has 2 aromatic carbocycles. The van der Waals surface area contributed by atoms with Crippen LogP contribution >= 0.6 is 11.6 Å². The van der Waals surface area contributed by atoms with Crippen molar-refractivity contribution in [3.63, 3.8) is 0 Å². The molecule has 1 aromatic heterocycles. The molecule has 124 valence electrons. The Morgan fingerprint density at radius 2 is 1.83 bits per heavy atom. The molecule has 3 rings (SSSR count). The molecule has 1 amide bonds. The smallest absolute Gasteiger partial charge is 0.327 e. The number of nitrogens with zero attached hydrogens (tertiary/aromatic N) is 2. The highest BCUT2D eigenvalue weighted by Gasteiger charge is 2.38. The summed E-state index contributed by atoms with van der Waals surface area (Å²) in [5.41, 5.74) is 2.05. The number of benzene rings is 2. The number of carbonyl (C=O) groups is 1. The van der Waals surface area contributed by atoms with Gasteiger partial charge < -0.3 is 9.88 Å². The number of anilines is 1. The zero-order valence-corrected chi connectivity index (χ0v) is 13.1. The fraction of sp³-hybridized carbons (Fsp3) is 0.125. The average Bonchev–Trinajstić information content (AvgIpc) is 2.84. The van der Waals surface area contributed by atoms with Crippen LogP contribution in [0.3, 0.4) is 0 Å². The maximum absolute atomic E-state index is 12.3. The lowest BCUT2D eigenvalue weighted by Gasteiger charge is -2.07. The maximum atomic E-state index is 12.3. The van der Waals surface area contributed by atoms with Gasteiger partial charge in [-0.1, -0.05) is 11.6 Å². The van der Waals surface area contributed by atoms with E-state index in [1.165, 1.54) is 12.1 Å². The minimum atomic E-state index is -4.94. The van der Waals surface area contributed by atoms with Crippen molar-refractivity contribution >= 4 is 34.2 Å². The number of amides is 1. The maximum Gasteiger partial charge on any atom is 0.471 e. The van der Waals surface area contributed by atoms with Crippen LogP contribution in [0, 0.1) is 0 Å². The summed E-state index contributed by atoms with van der Waals surface area (Å²) in [5.74, 6) is -1.38. The van der Waals surface area contributed by atoms with Crippen molar-refractivity contribution < 1.29 is 18.0 Å². The number of aromatic nitrogens is 2. The van der Waals surface area contributed by atoms with Gasteiger partial charge in [0.25, 0.3) is 0 Å². The van der Waals surface area contributed by atoms with Crippen molar-refractivity contribution in [3.05, 3.63) is 47.5 Å². The Labute approximate surface area is 139 Å². The molecule has 3 aromatic rings. The van der Waals surface area contributed by atoms with Gasteiger partial charge in [-0.2, -0.15) is 13.2 Å². The first-order chi connectivity index (χ1) is 11.3. The molecule has 1 N–H and O–H groups in total. The number of alkyl halides is 3. The van der Waals surface area contributed by atoms with E-state index in [1.807, 2.05) is 9.88 Å². The van der Waals surface area contributed by atoms with Gasteiger partial charge in [0.1, 0.15) is 5.82 Å². The molecule has 0 aliphatic rings. The van der Waals surface area contributed by atoms with E-state index in [0.717, 1.165) is 11.1 Å². The second-order valence-electron chi connectivity index (χ2n) is 5.16. The molecular weight excluding hydrogens is 343 g/mol. The van der Waals surface area contributed by atoms with Crippen LogP contribution in [0.15, 0.2) is 42.5 Å². The Bertz CT molecular complexity index is 917. The first-order valence-corrected chi connectivity index (χ1v) is 7.24. The Hall–Kier alpha value is -2.54. The van der Waals surface area contributed by atoms with Crippen LogP contribution in [-0.2, 0) is 11.8 Å². The summed E-state index contributed by atoms with van der Waals surface area (Å²) >= 11 is 5.86. The SMILES string of the molecule is Cn1c(-c2ccc(Cl)cc2)nc2cc(NC(=O)C(F)(F)F)ccc21. The van der Waals surface area contributed by atoms with Crippen molar-refractivity contribution in [1.29, 1.82) is 0 Å². The Kier molecular flexibility index (Phi) is 3.96. The second-order valence-corrected chi connectivity index (χ2v) is 5.59. The largest absolute Gasteiger partial charge is 0.471 e. The Morgan fingerprint density at radius 1 is 1.17 bits per heavy atom. The minimum Gasteiger partial charge on any atom is -0.327 e. The van der Waals surface area contributed by atoms with E-state index in [-0.39, 0.29) is 5.69 Å². The highest BCUT2D eigenvalue weighted by molar-refractivity contribution is 6.30. The first-order valence-electron chi connectivity index (χ1n) is 6.86. The molecule has 1 heterocycles. The van der Waals surface area contributed by atoms with E-state index in [2.05, 4.69) is 4.98 Å². The average molecular weight is 354 g/mol. The molecule has 0 unspecified atom stereocenters. The van der Waals surface area contributed by atoms with E-state index in [0.29, 0.717) is 16.4 Å². The van der Waals surface area contributed by atoms with Gasteiger partial charge >= 0.3 is 12.1 Å². The molecular formula is C16H11ClF3N3O. The summed E-state index contributed by atoms with van der Waals surface area (Å²) < 4.78 is 38.8. The molecule has 0 atom stereocenters. The molecule has 4 nitrogen and oxygen atoms in total. The van der Waals surface area contributed by atoms with E-state index >= 15 is 0 Å². The van der Waals surface area contributed by atoms with Crippen molar-refractivity contribution in [2.75, 3.05) is 5.32 Å². The third-order valence-electron chi connectivity index (χ3n) is 3.50. The lowest BCUT2D eigenvalue weighted by molar-refractivity contribution is -0.167. The predicted octanol–water partition coefficient (Wildman–Crippen LogP) is 4.39. The summed E-state index contributed by atoms with van der Waals surface area (Å²) in [4.78, 5) is 15.5. The monoisotopic (exact) mass is 353 g/mol. The van der Waals surface area contributed by atoms with Gasteiger partial charge in [0.2, 0.25) is 0 Å². The first kappa shape index (κ1) is 16.3. The molecule has 0 saturated carbocycles. The standard InChI is InChI=1S/C16H11ClF3N3O/c1-23-13-7-6-11(21-15(24)16(18,19)20)8-12(13)22-14(23)9-2-4-10(17)5-3-9/h2-8H,1H3,(H,21,24). The second kappa shape index (κ2) is 5.83. The summed E-state index contributed by atoms with van der Waals surface area (Å²) in [6.45, 7) is 0. The number of imidazole rings is 1. The van der Waals surface area contributed by atoms with Crippen molar-refractivity contribution in [2.24, 2.45) is 7.05 Å². The minimum absolute atomic E-state index is 0.0329. The van der Waals surface area contributed by atoms with Gasteiger partial charge in [0.15, 0.2) is 0 Å². The summed E-state index contributed by atoms with van der Waals surface area (Å²) in [7, 11) is 1.80. The van der Waals surface area contributed by atoms with Gasteiger partial charge in [-0.05, 0) is 42.5 Å². The Morgan fingerprint density at radius 3 is 2.46 bits per heavy atom. The van der Waals surface area contributed by atoms with Crippen LogP contribution in [0.2, 0.25) is 5.02 Å². The topological polar surface area (TPSA) is 46.9 Å². The van der Waals surface area contributed by atoms with E-state index in [9.17, 15) is 18.0 Å². The molecule has 0 aliphatic carbocycles. The number of hydrogen-bond donors (Lipinski definition) is 1. The van der Waals surface area contributed by atoms with Crippen LogP contribution in [-0.4, -0.2) is 21.6 Å². The third-order valence-corrected chi connectivity index (χ3v) is 3.75. The van der Waals surface area contributed by atoms with Gasteiger partial charge in [0.05, 0.1) is 11.0 Å². The number of rotatable bonds is 2. The molecule has 24 heavy (non-hydrogen) atoms. The Balaban J connectivity index is 1.99. The van der Waals surface area contributed by atoms with Gasteiger partial charge in [-0.15, -0.1) is 0 Å². The number of aryl methyl sites for hydroxylation is 1. The molecule has 0 bridgehead atoms. The summed E-state index contributed by atoms with van der Waals surface area (Å²) in [6, 6.07) is 11.5. The van der Waals surface area contributed by atoms with Gasteiger partial charge in [-0.25, -0.2) is 4.98 Å². The van der Waals surface area contributed by atoms with Crippen molar-refractivity contribution in [3.8, 4) is 11.4 Å². The van der Waals surface area contributed by atoms with Crippen LogP contribution in [0.5, 0.6) is 0 Å². The molecule has 0 aliphatic heterocycles. The van der Waals surface area contributed by atoms with Crippen molar-refractivity contribution in [2.45, 2.75) is 6.18 Å². The van der Waals surface area contributed by atoms with Gasteiger partial charge in [0, 0.05) is 23.3 Å². The van der Waals surface area contributed by atoms with Crippen LogP contribution in [0.25, 0.3) is 22.4 Å². The van der Waals surface area contributed by atoms with Crippen molar-refractivity contribution in [1.82, 2.24) is 9.55 Å². The third kappa shape index (κ3) is 3.07. The summed E-state index contributed by atoms with van der Waals surface area (Å²) in [6.07, 6.45) is -4.94. The molecule has 0 saturated heterocycles. The number of hydrogen-bond acceptors (Lipinski definition) is 2. The molecule has 0 radical (unpaired) electrons. The van der Waals surface area contributed by atoms with Crippen LogP contribution in [0.4, 0.5) is 18.9 Å². The lowest BCUT2D eigenvalue weighted by Crippen LogP contribution is -2.29. The quantitative estimate of drug-likeness (QED) is 0.742. The fourth-order valence-electron chi connectivity index (χ4n) is 2.34. The van der Waals surface area contributed by atoms with E-state index in [4.69, 9.17) is 11.6 Å². The number of nitrogens with one attached hydrogen (secondary N) is 1. The fourth-order valence-corrected chi connectivity index (χ4v) is 2.46. The van der Waals surface area contributed by atoms with Crippen LogP contribution < -0.4 is 5.32 Å². The van der Waals surface area contributed by atoms with Crippen LogP contribution in [0.1, 0.15) is 0 Å². The molecule has 0 fully saturated rings. The normalized spacial score (nSPS) is 11.7. The molecule has 8 heteroatoms. The highest BCUT2D eigenvalue weighted by Crippen LogP contribution is 2.27. The number of carbonyl (C=O) groups excluding carboxylic acids is 1.